The van der Waals surface area contributed by atoms with E-state index in [-0.39, 0.29) is 21.5 Å². The minimum Gasteiger partial charge on any atom is -0.380 e. The Labute approximate surface area is 229 Å². The third-order valence-corrected chi connectivity index (χ3v) is 8.94. The standard InChI is InChI=1S/C25H43N4O8PS/c1-3-5-6-7-8-9-10-11-12-13-14-15-16-18-37-19-20-39(35,36)29-22-21(27(17-4-2)24(31)26-22)23(30)28(25(29)32)38(33)34/h3-20H2,1-2H3,(H,26,31). The van der Waals surface area contributed by atoms with Gasteiger partial charge >= 0.3 is 19.2 Å². The number of hydrogen-bond donors (Lipinski definition) is 1. The zero-order chi connectivity index (χ0) is 28.8. The number of aromatic nitrogens is 4. The number of nitrogens with one attached hydrogen (secondary N) is 1. The van der Waals surface area contributed by atoms with E-state index >= 15 is 0 Å². The molecule has 0 fully saturated rings. The molecule has 2 heterocycles. The van der Waals surface area contributed by atoms with Crippen molar-refractivity contribution in [3.8, 4) is 0 Å². The van der Waals surface area contributed by atoms with Crippen molar-refractivity contribution in [2.45, 2.75) is 110 Å². The highest BCUT2D eigenvalue weighted by Gasteiger charge is 2.28. The minimum absolute atomic E-state index is 0.0319. The number of unbranched alkanes of at least 4 members (excludes halogenated alkanes) is 12. The molecule has 0 aliphatic heterocycles. The Balaban J connectivity index is 1.85. The largest absolute Gasteiger partial charge is 0.438 e. The Bertz CT molecular complexity index is 1390. The van der Waals surface area contributed by atoms with Crippen LogP contribution in [0.25, 0.3) is 11.2 Å². The highest BCUT2D eigenvalue weighted by molar-refractivity contribution is 7.90. The van der Waals surface area contributed by atoms with E-state index in [4.69, 9.17) is 4.74 Å². The first-order valence-electron chi connectivity index (χ1n) is 14.1. The number of ether oxygens (including phenoxy) is 1. The number of aromatic amines is 1. The fourth-order valence-corrected chi connectivity index (χ4v) is 6.38. The van der Waals surface area contributed by atoms with E-state index in [1.807, 2.05) is 0 Å². The summed E-state index contributed by atoms with van der Waals surface area (Å²) in [6, 6.07) is 0. The number of hydrogen-bond acceptors (Lipinski definition) is 8. The molecule has 39 heavy (non-hydrogen) atoms. The van der Waals surface area contributed by atoms with Crippen LogP contribution in [0.1, 0.15) is 104 Å². The molecule has 0 bridgehead atoms. The van der Waals surface area contributed by atoms with E-state index in [9.17, 15) is 31.9 Å². The van der Waals surface area contributed by atoms with Crippen molar-refractivity contribution in [1.82, 2.24) is 17.9 Å². The molecule has 2 aromatic rings. The van der Waals surface area contributed by atoms with Gasteiger partial charge in [-0.3, -0.25) is 14.3 Å². The molecule has 0 spiro atoms. The summed E-state index contributed by atoms with van der Waals surface area (Å²) in [5.41, 5.74) is -4.71. The van der Waals surface area contributed by atoms with Gasteiger partial charge in [-0.1, -0.05) is 90.9 Å². The van der Waals surface area contributed by atoms with E-state index < -0.39 is 51.7 Å². The molecule has 1 N–H and O–H groups in total. The number of imidazole rings is 1. The van der Waals surface area contributed by atoms with Crippen molar-refractivity contribution in [3.05, 3.63) is 31.3 Å². The Kier molecular flexibility index (Phi) is 14.2. The molecule has 14 heteroatoms. The van der Waals surface area contributed by atoms with Crippen LogP contribution in [-0.4, -0.2) is 45.2 Å². The molecular weight excluding hydrogens is 547 g/mol. The van der Waals surface area contributed by atoms with E-state index in [0.717, 1.165) is 30.3 Å². The van der Waals surface area contributed by atoms with E-state index in [1.165, 1.54) is 57.8 Å². The minimum atomic E-state index is -4.46. The summed E-state index contributed by atoms with van der Waals surface area (Å²) in [5, 5.41) is 0. The Morgan fingerprint density at radius 1 is 0.769 bits per heavy atom. The predicted octanol–water partition coefficient (Wildman–Crippen LogP) is 4.28. The number of rotatable bonds is 21. The lowest BCUT2D eigenvalue weighted by Gasteiger charge is -2.10. The highest BCUT2D eigenvalue weighted by Crippen LogP contribution is 2.13. The predicted molar refractivity (Wildman–Crippen MR) is 151 cm³/mol. The van der Waals surface area contributed by atoms with Crippen LogP contribution in [0.15, 0.2) is 14.4 Å². The van der Waals surface area contributed by atoms with E-state index in [0.29, 0.717) is 13.0 Å². The first-order chi connectivity index (χ1) is 18.7. The quantitative estimate of drug-likeness (QED) is 0.167. The summed E-state index contributed by atoms with van der Waals surface area (Å²) in [4.78, 5) is 40.0. The van der Waals surface area contributed by atoms with Crippen molar-refractivity contribution >= 4 is 29.0 Å². The van der Waals surface area contributed by atoms with Gasteiger partial charge in [-0.2, -0.15) is 3.97 Å². The zero-order valence-electron chi connectivity index (χ0n) is 23.2. The maximum Gasteiger partial charge on any atom is 0.438 e. The monoisotopic (exact) mass is 590 g/mol. The van der Waals surface area contributed by atoms with Crippen LogP contribution in [0.2, 0.25) is 0 Å². The smallest absolute Gasteiger partial charge is 0.380 e. The fraction of sp³-hybridized carbons (Fsp3) is 0.800. The summed E-state index contributed by atoms with van der Waals surface area (Å²) < 4.78 is 55.7. The number of aryl methyl sites for hydroxylation is 1. The van der Waals surface area contributed by atoms with Crippen LogP contribution in [0.3, 0.4) is 0 Å². The highest BCUT2D eigenvalue weighted by atomic mass is 32.2. The lowest BCUT2D eigenvalue weighted by atomic mass is 10.0. The van der Waals surface area contributed by atoms with Crippen LogP contribution in [-0.2, 0) is 30.4 Å². The van der Waals surface area contributed by atoms with Crippen LogP contribution < -0.4 is 16.9 Å². The third kappa shape index (κ3) is 9.42. The lowest BCUT2D eigenvalue weighted by Crippen LogP contribution is -2.41. The zero-order valence-corrected chi connectivity index (χ0v) is 24.9. The summed E-state index contributed by atoms with van der Waals surface area (Å²) in [5.74, 6) is -0.630. The van der Waals surface area contributed by atoms with Crippen LogP contribution in [0, 0.1) is 0 Å². The first-order valence-corrected chi connectivity index (χ1v) is 16.9. The van der Waals surface area contributed by atoms with Gasteiger partial charge in [-0.15, -0.1) is 4.34 Å². The van der Waals surface area contributed by atoms with Gasteiger partial charge in [0.2, 0.25) is 10.0 Å². The molecule has 0 radical (unpaired) electrons. The third-order valence-electron chi connectivity index (χ3n) is 6.68. The molecule has 2 rings (SSSR count). The molecule has 0 atom stereocenters. The Hall–Kier alpha value is -2.24. The second kappa shape index (κ2) is 16.8. The van der Waals surface area contributed by atoms with Crippen molar-refractivity contribution in [2.24, 2.45) is 0 Å². The molecule has 0 saturated carbocycles. The Morgan fingerprint density at radius 3 is 1.82 bits per heavy atom. The topological polar surface area (TPSA) is 159 Å². The van der Waals surface area contributed by atoms with Crippen LogP contribution in [0.4, 0.5) is 0 Å². The van der Waals surface area contributed by atoms with Crippen molar-refractivity contribution < 1.29 is 22.3 Å². The van der Waals surface area contributed by atoms with Gasteiger partial charge in [0.15, 0.2) is 11.2 Å². The maximum absolute atomic E-state index is 13.0. The number of H-pyrrole nitrogens is 1. The van der Waals surface area contributed by atoms with Gasteiger partial charge in [0.05, 0.1) is 12.4 Å². The average Bonchev–Trinajstić information content (AvgIpc) is 3.19. The van der Waals surface area contributed by atoms with Gasteiger partial charge < -0.3 is 4.74 Å². The summed E-state index contributed by atoms with van der Waals surface area (Å²) in [7, 11) is -8.23. The number of fused-ring (bicyclic) bond motifs is 1. The molecule has 0 amide bonds. The molecular formula is C25H43N4O8PS. The van der Waals surface area contributed by atoms with E-state index in [2.05, 4.69) is 11.9 Å². The van der Waals surface area contributed by atoms with Crippen LogP contribution in [0.5, 0.6) is 0 Å². The second-order valence-corrected chi connectivity index (χ2v) is 12.7. The molecule has 0 unspecified atom stereocenters. The van der Waals surface area contributed by atoms with Crippen molar-refractivity contribution in [2.75, 3.05) is 19.0 Å². The van der Waals surface area contributed by atoms with Gasteiger partial charge in [-0.25, -0.2) is 27.1 Å². The first kappa shape index (κ1) is 33.0. The molecule has 0 aliphatic carbocycles. The molecule has 2 aromatic heterocycles. The van der Waals surface area contributed by atoms with Crippen LogP contribution >= 0.6 is 7.83 Å². The normalized spacial score (nSPS) is 11.9. The van der Waals surface area contributed by atoms with Crippen molar-refractivity contribution in [1.29, 1.82) is 0 Å². The molecule has 0 aliphatic rings. The number of nitrogens with zero attached hydrogens (tertiary/aromatic N) is 3. The molecule has 0 aromatic carbocycles. The van der Waals surface area contributed by atoms with Gasteiger partial charge in [0.25, 0.3) is 5.56 Å². The fourth-order valence-electron chi connectivity index (χ4n) is 4.61. The Morgan fingerprint density at radius 2 is 1.31 bits per heavy atom. The van der Waals surface area contributed by atoms with Crippen molar-refractivity contribution in [3.63, 3.8) is 0 Å². The second-order valence-electron chi connectivity index (χ2n) is 9.85. The summed E-state index contributed by atoms with van der Waals surface area (Å²) in [6.45, 7) is 4.11. The lowest BCUT2D eigenvalue weighted by molar-refractivity contribution is 0.144. The molecule has 0 saturated heterocycles. The van der Waals surface area contributed by atoms with Gasteiger partial charge in [-0.05, 0) is 12.8 Å². The molecule has 12 nitrogen and oxygen atoms in total. The SMILES string of the molecule is CCCCCCCCCCCCCCCOCCS(=O)(=O)n1c(=O)n(P(=O)=O)c(=O)c2c1[nH]c(=O)n2CCC. The maximum atomic E-state index is 13.0. The van der Waals surface area contributed by atoms with E-state index in [1.54, 1.807) is 6.92 Å². The van der Waals surface area contributed by atoms with Gasteiger partial charge in [0, 0.05) is 13.2 Å². The average molecular weight is 591 g/mol. The summed E-state index contributed by atoms with van der Waals surface area (Å²) >= 11 is 0. The molecule has 222 valence electrons. The van der Waals surface area contributed by atoms with Gasteiger partial charge in [0.1, 0.15) is 0 Å². The summed E-state index contributed by atoms with van der Waals surface area (Å²) in [6.07, 6.45) is 16.1.